The number of ether oxygens (including phenoxy) is 1. The maximum atomic E-state index is 11.2. The van der Waals surface area contributed by atoms with Gasteiger partial charge in [-0.25, -0.2) is 13.2 Å². The Morgan fingerprint density at radius 2 is 2.06 bits per heavy atom. The molecule has 0 heterocycles. The summed E-state index contributed by atoms with van der Waals surface area (Å²) in [7, 11) is 1.70. The molecule has 0 amide bonds. The molecule has 0 saturated carbocycles. The number of phenols is 1. The minimum atomic E-state index is -4.29. The lowest BCUT2D eigenvalue weighted by Gasteiger charge is -2.05. The largest absolute Gasteiger partial charge is 0.501 e. The van der Waals surface area contributed by atoms with Crippen molar-refractivity contribution < 1.29 is 28.0 Å². The summed E-state index contributed by atoms with van der Waals surface area (Å²) >= 11 is 0. The van der Waals surface area contributed by atoms with Crippen LogP contribution in [0.4, 0.5) is 5.69 Å². The monoisotopic (exact) mass is 295 g/mol. The molecule has 1 aromatic carbocycles. The molecule has 98 valence electrons. The van der Waals surface area contributed by atoms with Crippen LogP contribution in [0.3, 0.4) is 0 Å². The van der Waals surface area contributed by atoms with E-state index in [1.165, 1.54) is 0 Å². The number of phenolic OH excluding ortho intramolecular Hbond substituents is 1. The summed E-state index contributed by atoms with van der Waals surface area (Å²) in [5.74, 6) is -2.12. The topological polar surface area (TPSA) is 124 Å². The zero-order chi connectivity index (χ0) is 14.1. The van der Waals surface area contributed by atoms with Crippen LogP contribution in [0.25, 0.3) is 0 Å². The number of rotatable bonds is 3. The van der Waals surface area contributed by atoms with Crippen LogP contribution >= 0.6 is 10.7 Å². The third-order valence-corrected chi connectivity index (χ3v) is 3.28. The number of benzene rings is 1. The molecule has 0 radical (unpaired) electrons. The molecule has 0 aliphatic carbocycles. The Bertz CT molecular complexity index is 625. The van der Waals surface area contributed by atoms with Crippen LogP contribution in [0.2, 0.25) is 0 Å². The fourth-order valence-electron chi connectivity index (χ4n) is 1.14. The Hall–Kier alpha value is -1.87. The van der Waals surface area contributed by atoms with Gasteiger partial charge in [-0.1, -0.05) is 0 Å². The second-order valence-electron chi connectivity index (χ2n) is 3.03. The summed E-state index contributed by atoms with van der Waals surface area (Å²) in [6, 6.07) is 1.24. The number of methoxy groups -OCH3 is 1. The minimum Gasteiger partial charge on any atom is -0.501 e. The van der Waals surface area contributed by atoms with E-state index in [-0.39, 0.29) is 0 Å². The summed E-state index contributed by atoms with van der Waals surface area (Å²) < 4.78 is 26.4. The molecule has 0 atom stereocenters. The lowest BCUT2D eigenvalue weighted by atomic mass is 10.1. The number of halogens is 1. The van der Waals surface area contributed by atoms with Crippen molar-refractivity contribution in [1.82, 2.24) is 0 Å². The molecule has 18 heavy (non-hydrogen) atoms. The van der Waals surface area contributed by atoms with Crippen LogP contribution in [-0.4, -0.2) is 31.5 Å². The van der Waals surface area contributed by atoms with Gasteiger partial charge in [0.05, 0.1) is 16.9 Å². The third kappa shape index (κ3) is 2.68. The van der Waals surface area contributed by atoms with Gasteiger partial charge in [0, 0.05) is 16.7 Å². The number of aromatic hydroxyl groups is 1. The van der Waals surface area contributed by atoms with Gasteiger partial charge in [0.1, 0.15) is 5.56 Å². The molecule has 8 nitrogen and oxygen atoms in total. The van der Waals surface area contributed by atoms with Crippen LogP contribution < -0.4 is 0 Å². The van der Waals surface area contributed by atoms with E-state index in [1.54, 1.807) is 0 Å². The van der Waals surface area contributed by atoms with Gasteiger partial charge in [0.15, 0.2) is 0 Å². The van der Waals surface area contributed by atoms with Crippen molar-refractivity contribution in [3.63, 3.8) is 0 Å². The lowest BCUT2D eigenvalue weighted by Crippen LogP contribution is -2.05. The molecule has 0 aliphatic rings. The number of esters is 1. The van der Waals surface area contributed by atoms with E-state index < -0.39 is 41.8 Å². The molecule has 0 saturated heterocycles. The number of hydrogen-bond donors (Lipinski definition) is 1. The van der Waals surface area contributed by atoms with Gasteiger partial charge in [0.25, 0.3) is 9.05 Å². The zero-order valence-electron chi connectivity index (χ0n) is 8.78. The number of carbonyl (C=O) groups excluding carboxylic acids is 1. The minimum absolute atomic E-state index is 0.546. The van der Waals surface area contributed by atoms with Gasteiger partial charge in [0.2, 0.25) is 5.75 Å². The molecule has 10 heteroatoms. The van der Waals surface area contributed by atoms with Crippen molar-refractivity contribution in [3.05, 3.63) is 27.8 Å². The van der Waals surface area contributed by atoms with E-state index in [9.17, 15) is 28.4 Å². The molecule has 0 unspecified atom stereocenters. The first-order valence-electron chi connectivity index (χ1n) is 4.23. The summed E-state index contributed by atoms with van der Waals surface area (Å²) in [6.07, 6.45) is 0. The zero-order valence-corrected chi connectivity index (χ0v) is 10.4. The van der Waals surface area contributed by atoms with Gasteiger partial charge in [-0.15, -0.1) is 0 Å². The molecule has 0 bridgehead atoms. The Labute approximate surface area is 105 Å². The van der Waals surface area contributed by atoms with Crippen LogP contribution in [-0.2, 0) is 13.8 Å². The summed E-state index contributed by atoms with van der Waals surface area (Å²) in [6.45, 7) is 0. The van der Waals surface area contributed by atoms with Crippen molar-refractivity contribution in [2.75, 3.05) is 7.11 Å². The highest BCUT2D eigenvalue weighted by atomic mass is 35.7. The van der Waals surface area contributed by atoms with Crippen molar-refractivity contribution in [2.24, 2.45) is 0 Å². The van der Waals surface area contributed by atoms with Crippen LogP contribution in [0.1, 0.15) is 10.4 Å². The van der Waals surface area contributed by atoms with E-state index in [0.29, 0.717) is 12.1 Å². The quantitative estimate of drug-likeness (QED) is 0.382. The van der Waals surface area contributed by atoms with Crippen LogP contribution in [0.15, 0.2) is 17.0 Å². The Morgan fingerprint density at radius 3 is 2.44 bits per heavy atom. The maximum absolute atomic E-state index is 11.2. The highest BCUT2D eigenvalue weighted by molar-refractivity contribution is 8.13. The summed E-state index contributed by atoms with van der Waals surface area (Å²) in [5.41, 5.74) is -1.62. The molecule has 0 spiro atoms. The van der Waals surface area contributed by atoms with Gasteiger partial charge in [-0.3, -0.25) is 10.1 Å². The molecule has 0 aromatic heterocycles. The predicted molar refractivity (Wildman–Crippen MR) is 59.1 cm³/mol. The summed E-state index contributed by atoms with van der Waals surface area (Å²) in [4.78, 5) is 20.1. The average molecular weight is 296 g/mol. The number of nitrogens with zero attached hydrogens (tertiary/aromatic N) is 1. The second-order valence-corrected chi connectivity index (χ2v) is 5.59. The van der Waals surface area contributed by atoms with Crippen molar-refractivity contribution >= 4 is 31.4 Å². The normalized spacial score (nSPS) is 11.0. The second kappa shape index (κ2) is 4.78. The number of nitro benzene ring substituents is 1. The van der Waals surface area contributed by atoms with Crippen molar-refractivity contribution in [2.45, 2.75) is 4.90 Å². The number of carbonyl (C=O) groups is 1. The van der Waals surface area contributed by atoms with Crippen molar-refractivity contribution in [1.29, 1.82) is 0 Å². The average Bonchev–Trinajstić information content (AvgIpc) is 2.26. The SMILES string of the molecule is COC(=O)c1cc(S(=O)(=O)Cl)cc([N+](=O)[O-])c1O. The van der Waals surface area contributed by atoms with E-state index in [2.05, 4.69) is 4.74 Å². The van der Waals surface area contributed by atoms with E-state index in [1.807, 2.05) is 0 Å². The summed E-state index contributed by atoms with van der Waals surface area (Å²) in [5, 5.41) is 20.1. The smallest absolute Gasteiger partial charge is 0.341 e. The first-order valence-corrected chi connectivity index (χ1v) is 6.53. The Morgan fingerprint density at radius 1 is 1.50 bits per heavy atom. The standard InChI is InChI=1S/C8H6ClNO7S/c1-17-8(12)5-2-4(18(9,15)16)3-6(7(5)11)10(13)14/h2-3,11H,1H3. The predicted octanol–water partition coefficient (Wildman–Crippen LogP) is 1.01. The van der Waals surface area contributed by atoms with E-state index in [4.69, 9.17) is 10.7 Å². The van der Waals surface area contributed by atoms with E-state index >= 15 is 0 Å². The maximum Gasteiger partial charge on any atom is 0.341 e. The lowest BCUT2D eigenvalue weighted by molar-refractivity contribution is -0.386. The highest BCUT2D eigenvalue weighted by Gasteiger charge is 2.27. The first kappa shape index (κ1) is 14.2. The fourth-order valence-corrected chi connectivity index (χ4v) is 1.92. The number of nitro groups is 1. The van der Waals surface area contributed by atoms with Gasteiger partial charge in [-0.2, -0.15) is 0 Å². The Kier molecular flexibility index (Phi) is 3.77. The van der Waals surface area contributed by atoms with Crippen LogP contribution in [0.5, 0.6) is 5.75 Å². The van der Waals surface area contributed by atoms with Gasteiger partial charge >= 0.3 is 11.7 Å². The molecular weight excluding hydrogens is 290 g/mol. The number of hydrogen-bond acceptors (Lipinski definition) is 7. The Balaban J connectivity index is 3.68. The van der Waals surface area contributed by atoms with Gasteiger partial charge in [-0.05, 0) is 6.07 Å². The molecule has 1 N–H and O–H groups in total. The molecule has 0 fully saturated rings. The molecule has 0 aliphatic heterocycles. The molecular formula is C8H6ClNO7S. The third-order valence-electron chi connectivity index (χ3n) is 1.95. The molecule has 1 rings (SSSR count). The van der Waals surface area contributed by atoms with Crippen LogP contribution in [0, 0.1) is 10.1 Å². The first-order chi connectivity index (χ1) is 8.18. The highest BCUT2D eigenvalue weighted by Crippen LogP contribution is 2.34. The van der Waals surface area contributed by atoms with Gasteiger partial charge < -0.3 is 9.84 Å². The van der Waals surface area contributed by atoms with E-state index in [0.717, 1.165) is 7.11 Å². The van der Waals surface area contributed by atoms with Crippen molar-refractivity contribution in [3.8, 4) is 5.75 Å². The molecule has 1 aromatic rings. The fraction of sp³-hybridized carbons (Fsp3) is 0.125.